The van der Waals surface area contributed by atoms with E-state index in [9.17, 15) is 29.6 Å². The predicted molar refractivity (Wildman–Crippen MR) is 162 cm³/mol. The quantitative estimate of drug-likeness (QED) is 0.0698. The van der Waals surface area contributed by atoms with E-state index in [1.54, 1.807) is 39.0 Å². The number of allylic oxidation sites excluding steroid dienone is 1. The smallest absolute Gasteiger partial charge is 0.344 e. The lowest BCUT2D eigenvalue weighted by Gasteiger charge is -2.28. The van der Waals surface area contributed by atoms with Crippen molar-refractivity contribution in [1.29, 1.82) is 0 Å². The third-order valence-electron chi connectivity index (χ3n) is 5.99. The van der Waals surface area contributed by atoms with Crippen LogP contribution in [0, 0.1) is 10.1 Å². The minimum atomic E-state index is -1.30. The summed E-state index contributed by atoms with van der Waals surface area (Å²) in [5, 5.41) is 31.1. The Morgan fingerprint density at radius 2 is 1.93 bits per heavy atom. The zero-order valence-corrected chi connectivity index (χ0v) is 26.3. The Hall–Kier alpha value is -4.90. The minimum Gasteiger partial charge on any atom is -0.490 e. The molecular weight excluding hydrogens is 662 g/mol. The fourth-order valence-corrected chi connectivity index (χ4v) is 4.69. The van der Waals surface area contributed by atoms with Crippen LogP contribution >= 0.6 is 15.9 Å². The molecule has 45 heavy (non-hydrogen) atoms. The van der Waals surface area contributed by atoms with Gasteiger partial charge in [0, 0.05) is 17.3 Å². The summed E-state index contributed by atoms with van der Waals surface area (Å²) in [5.74, 6) is -0.882. The number of aliphatic hydroxyl groups excluding tert-OH is 1. The summed E-state index contributed by atoms with van der Waals surface area (Å²) in [5.41, 5.74) is 3.43. The first kappa shape index (κ1) is 34.6. The molecule has 0 radical (unpaired) electrons. The summed E-state index contributed by atoms with van der Waals surface area (Å²) in [6.07, 6.45) is -0.0700. The van der Waals surface area contributed by atoms with Gasteiger partial charge in [-0.05, 0) is 60.5 Å². The van der Waals surface area contributed by atoms with Gasteiger partial charge in [-0.2, -0.15) is 5.10 Å². The molecule has 2 aromatic carbocycles. The first-order valence-corrected chi connectivity index (χ1v) is 14.3. The second kappa shape index (κ2) is 16.2. The van der Waals surface area contributed by atoms with Gasteiger partial charge in [-0.3, -0.25) is 15.5 Å². The summed E-state index contributed by atoms with van der Waals surface area (Å²) in [6, 6.07) is 6.17. The third-order valence-corrected chi connectivity index (χ3v) is 6.58. The van der Waals surface area contributed by atoms with E-state index in [0.717, 1.165) is 0 Å². The molecule has 2 atom stereocenters. The molecule has 2 amide bonds. The van der Waals surface area contributed by atoms with Gasteiger partial charge in [-0.25, -0.2) is 14.4 Å². The summed E-state index contributed by atoms with van der Waals surface area (Å²) < 4.78 is 26.5. The molecule has 16 nitrogen and oxygen atoms in total. The molecule has 242 valence electrons. The van der Waals surface area contributed by atoms with Crippen LogP contribution in [0.15, 0.2) is 51.2 Å². The monoisotopic (exact) mass is 693 g/mol. The standard InChI is InChI=1S/C28H32BrN5O11/c1-5-42-21-11-17(25-24(27(37)41-4)15(3)31-28(38)32-25)7-8-20(21)44-13-22(35)33-30-12-16-9-18(29)26(19(10-16)34(39)40)45-14-23(36)43-6-2/h7-12,22,25,33,35H,5-6,13-14H2,1-4H3,(H2,31,32,38)/b30-12+/t22-,25+/m0/s1. The number of hydrogen-bond donors (Lipinski definition) is 4. The lowest BCUT2D eigenvalue weighted by molar-refractivity contribution is -0.385. The summed E-state index contributed by atoms with van der Waals surface area (Å²) in [6.45, 7) is 4.60. The van der Waals surface area contributed by atoms with Crippen molar-refractivity contribution in [1.82, 2.24) is 16.1 Å². The van der Waals surface area contributed by atoms with Crippen molar-refractivity contribution in [3.63, 3.8) is 0 Å². The van der Waals surface area contributed by atoms with E-state index in [2.05, 4.69) is 37.1 Å². The highest BCUT2D eigenvalue weighted by molar-refractivity contribution is 9.10. The lowest BCUT2D eigenvalue weighted by Crippen LogP contribution is -2.45. The van der Waals surface area contributed by atoms with Crippen LogP contribution in [0.2, 0.25) is 0 Å². The van der Waals surface area contributed by atoms with Gasteiger partial charge in [0.05, 0.1) is 47.5 Å². The van der Waals surface area contributed by atoms with Crippen LogP contribution < -0.4 is 30.3 Å². The van der Waals surface area contributed by atoms with Crippen LogP contribution in [0.1, 0.15) is 37.9 Å². The summed E-state index contributed by atoms with van der Waals surface area (Å²) >= 11 is 3.20. The predicted octanol–water partition coefficient (Wildman–Crippen LogP) is 2.82. The van der Waals surface area contributed by atoms with Crippen LogP contribution in [-0.4, -0.2) is 74.0 Å². The molecule has 17 heteroatoms. The minimum absolute atomic E-state index is 0.140. The highest BCUT2D eigenvalue weighted by Gasteiger charge is 2.32. The van der Waals surface area contributed by atoms with E-state index < -0.39 is 47.5 Å². The van der Waals surface area contributed by atoms with Crippen molar-refractivity contribution in [2.45, 2.75) is 33.0 Å². The third kappa shape index (κ3) is 9.29. The average Bonchev–Trinajstić information content (AvgIpc) is 2.99. The number of hydrogen-bond acceptors (Lipinski definition) is 13. The molecule has 0 aliphatic carbocycles. The highest BCUT2D eigenvalue weighted by Crippen LogP contribution is 2.37. The van der Waals surface area contributed by atoms with Crippen LogP contribution in [0.4, 0.5) is 10.5 Å². The molecule has 2 aromatic rings. The van der Waals surface area contributed by atoms with Crippen molar-refractivity contribution < 1.29 is 48.1 Å². The van der Waals surface area contributed by atoms with Gasteiger partial charge in [0.15, 0.2) is 24.3 Å². The zero-order chi connectivity index (χ0) is 33.1. The van der Waals surface area contributed by atoms with E-state index in [-0.39, 0.29) is 46.9 Å². The van der Waals surface area contributed by atoms with Gasteiger partial charge >= 0.3 is 23.7 Å². The Balaban J connectivity index is 1.68. The number of esters is 2. The Kier molecular flexibility index (Phi) is 12.5. The highest BCUT2D eigenvalue weighted by atomic mass is 79.9. The maximum Gasteiger partial charge on any atom is 0.344 e. The van der Waals surface area contributed by atoms with Crippen molar-refractivity contribution >= 4 is 45.8 Å². The van der Waals surface area contributed by atoms with E-state index in [4.69, 9.17) is 23.7 Å². The van der Waals surface area contributed by atoms with E-state index >= 15 is 0 Å². The van der Waals surface area contributed by atoms with Crippen molar-refractivity contribution in [3.8, 4) is 17.2 Å². The number of benzene rings is 2. The summed E-state index contributed by atoms with van der Waals surface area (Å²) in [4.78, 5) is 47.1. The van der Waals surface area contributed by atoms with E-state index in [0.29, 0.717) is 17.0 Å². The molecular formula is C28H32BrN5O11. The van der Waals surface area contributed by atoms with Crippen molar-refractivity contribution in [3.05, 3.63) is 67.3 Å². The molecule has 0 aromatic heterocycles. The largest absolute Gasteiger partial charge is 0.490 e. The molecule has 1 heterocycles. The maximum absolute atomic E-state index is 12.4. The first-order chi connectivity index (χ1) is 21.5. The number of carbonyl (C=O) groups is 3. The lowest BCUT2D eigenvalue weighted by atomic mass is 9.95. The molecule has 0 saturated carbocycles. The number of nitro groups is 1. The van der Waals surface area contributed by atoms with Gasteiger partial charge in [0.25, 0.3) is 0 Å². The number of carbonyl (C=O) groups excluding carboxylic acids is 3. The number of halogens is 1. The molecule has 3 rings (SSSR count). The van der Waals surface area contributed by atoms with Crippen LogP contribution in [0.3, 0.4) is 0 Å². The number of ether oxygens (including phenoxy) is 5. The number of nitro benzene ring substituents is 1. The van der Waals surface area contributed by atoms with Crippen LogP contribution in [0.5, 0.6) is 17.2 Å². The number of nitrogens with zero attached hydrogens (tertiary/aromatic N) is 2. The molecule has 1 aliphatic rings. The maximum atomic E-state index is 12.4. The van der Waals surface area contributed by atoms with Crippen LogP contribution in [0.25, 0.3) is 0 Å². The van der Waals surface area contributed by atoms with Crippen molar-refractivity contribution in [2.24, 2.45) is 5.10 Å². The topological polar surface area (TPSA) is 209 Å². The SMILES string of the molecule is CCOC(=O)COc1c(Br)cc(/C=N/N[C@@H](O)COc2ccc([C@H]3NC(=O)NC(C)=C3C(=O)OC)cc2OCC)cc1[N+](=O)[O-]. The summed E-state index contributed by atoms with van der Waals surface area (Å²) in [7, 11) is 1.24. The molecule has 0 fully saturated rings. The van der Waals surface area contributed by atoms with E-state index in [1.807, 2.05) is 0 Å². The molecule has 0 unspecified atom stereocenters. The van der Waals surface area contributed by atoms with Gasteiger partial charge in [-0.15, -0.1) is 0 Å². The van der Waals surface area contributed by atoms with Crippen molar-refractivity contribution in [2.75, 3.05) is 33.5 Å². The Morgan fingerprint density at radius 1 is 1.18 bits per heavy atom. The van der Waals surface area contributed by atoms with Gasteiger partial charge < -0.3 is 39.4 Å². The normalized spacial score (nSPS) is 15.1. The fraction of sp³-hybridized carbons (Fsp3) is 0.357. The number of aliphatic hydroxyl groups is 1. The second-order valence-corrected chi connectivity index (χ2v) is 9.97. The molecule has 0 spiro atoms. The van der Waals surface area contributed by atoms with Gasteiger partial charge in [-0.1, -0.05) is 6.07 Å². The van der Waals surface area contributed by atoms with E-state index in [1.165, 1.54) is 25.5 Å². The Morgan fingerprint density at radius 3 is 2.60 bits per heavy atom. The average molecular weight is 694 g/mol. The van der Waals surface area contributed by atoms with Gasteiger partial charge in [0.2, 0.25) is 5.75 Å². The van der Waals surface area contributed by atoms with Crippen LogP contribution in [-0.2, 0) is 19.1 Å². The number of methoxy groups -OCH3 is 1. The first-order valence-electron chi connectivity index (χ1n) is 13.5. The zero-order valence-electron chi connectivity index (χ0n) is 24.7. The number of rotatable bonds is 15. The molecule has 0 saturated heterocycles. The van der Waals surface area contributed by atoms with Gasteiger partial charge in [0.1, 0.15) is 6.61 Å². The molecule has 0 bridgehead atoms. The molecule has 4 N–H and O–H groups in total. The fourth-order valence-electron chi connectivity index (χ4n) is 4.11. The number of amides is 2. The second-order valence-electron chi connectivity index (χ2n) is 9.12. The number of nitrogens with one attached hydrogen (secondary N) is 3. The number of urea groups is 1. The number of hydrazone groups is 1. The molecule has 1 aliphatic heterocycles. The Bertz CT molecular complexity index is 1500. The Labute approximate surface area is 266 Å².